The van der Waals surface area contributed by atoms with Crippen molar-refractivity contribution in [2.24, 2.45) is 0 Å². The van der Waals surface area contributed by atoms with Crippen LogP contribution in [0.3, 0.4) is 0 Å². The third-order valence-electron chi connectivity index (χ3n) is 5.53. The number of aryl methyl sites for hydroxylation is 1. The van der Waals surface area contributed by atoms with Gasteiger partial charge in [-0.1, -0.05) is 66.4 Å². The fraction of sp³-hybridized carbons (Fsp3) is 0.192. The Morgan fingerprint density at radius 3 is 2.51 bits per heavy atom. The lowest BCUT2D eigenvalue weighted by Gasteiger charge is -2.16. The van der Waals surface area contributed by atoms with E-state index in [4.69, 9.17) is 0 Å². The van der Waals surface area contributed by atoms with Gasteiger partial charge in [0.1, 0.15) is 5.69 Å². The molecule has 35 heavy (non-hydrogen) atoms. The number of hydrogen-bond donors (Lipinski definition) is 1. The van der Waals surface area contributed by atoms with E-state index < -0.39 is 16.1 Å². The highest BCUT2D eigenvalue weighted by Gasteiger charge is 2.22. The third kappa shape index (κ3) is 5.75. The average Bonchev–Trinajstić information content (AvgIpc) is 2.86. The fourth-order valence-corrected chi connectivity index (χ4v) is 4.64. The van der Waals surface area contributed by atoms with Gasteiger partial charge in [-0.15, -0.1) is 0 Å². The SMILES string of the molecule is CC(Sc1nc2ccccc2c(=O)n1CCCc1ccccc1)C(=O)Nc1ccccc1[N+](=O)[O-]. The number of carbonyl (C=O) groups excluding carboxylic acids is 1. The first-order valence-electron chi connectivity index (χ1n) is 11.2. The maximum absolute atomic E-state index is 13.3. The van der Waals surface area contributed by atoms with Crippen LogP contribution >= 0.6 is 11.8 Å². The molecule has 4 aromatic rings. The number of para-hydroxylation sites is 3. The first-order chi connectivity index (χ1) is 16.9. The number of nitrogens with one attached hydrogen (secondary N) is 1. The van der Waals surface area contributed by atoms with E-state index in [9.17, 15) is 19.7 Å². The minimum atomic E-state index is -0.650. The van der Waals surface area contributed by atoms with E-state index in [-0.39, 0.29) is 16.9 Å². The standard InChI is InChI=1S/C26H24N4O4S/c1-18(24(31)27-22-15-7-8-16-23(22)30(33)34)35-26-28-21-14-6-5-13-20(21)25(32)29(26)17-9-12-19-10-3-2-4-11-19/h2-8,10-11,13-16,18H,9,12,17H2,1H3,(H,27,31). The molecule has 1 amide bonds. The van der Waals surface area contributed by atoms with Crippen molar-refractivity contribution in [3.05, 3.63) is 105 Å². The molecule has 0 saturated heterocycles. The predicted octanol–water partition coefficient (Wildman–Crippen LogP) is 5.06. The largest absolute Gasteiger partial charge is 0.319 e. The highest BCUT2D eigenvalue weighted by molar-refractivity contribution is 8.00. The van der Waals surface area contributed by atoms with Gasteiger partial charge in [-0.25, -0.2) is 4.98 Å². The summed E-state index contributed by atoms with van der Waals surface area (Å²) in [5.41, 5.74) is 1.53. The zero-order valence-electron chi connectivity index (χ0n) is 19.1. The maximum Gasteiger partial charge on any atom is 0.292 e. The van der Waals surface area contributed by atoms with Gasteiger partial charge in [0.05, 0.1) is 21.1 Å². The van der Waals surface area contributed by atoms with Gasteiger partial charge >= 0.3 is 0 Å². The number of benzene rings is 3. The zero-order chi connectivity index (χ0) is 24.8. The molecule has 0 aliphatic rings. The smallest absolute Gasteiger partial charge is 0.292 e. The molecule has 8 nitrogen and oxygen atoms in total. The number of nitro benzene ring substituents is 1. The molecule has 0 bridgehead atoms. The highest BCUT2D eigenvalue weighted by Crippen LogP contribution is 2.27. The van der Waals surface area contributed by atoms with E-state index in [1.165, 1.54) is 17.7 Å². The number of carbonyl (C=O) groups is 1. The van der Waals surface area contributed by atoms with Crippen LogP contribution in [0, 0.1) is 10.1 Å². The summed E-state index contributed by atoms with van der Waals surface area (Å²) in [6, 6.07) is 23.1. The Kier molecular flexibility index (Phi) is 7.57. The molecular weight excluding hydrogens is 464 g/mol. The monoisotopic (exact) mass is 488 g/mol. The molecule has 1 atom stereocenters. The second-order valence-electron chi connectivity index (χ2n) is 7.98. The van der Waals surface area contributed by atoms with Crippen molar-refractivity contribution in [3.63, 3.8) is 0 Å². The van der Waals surface area contributed by atoms with Crippen molar-refractivity contribution < 1.29 is 9.72 Å². The Bertz CT molecular complexity index is 1420. The molecule has 0 spiro atoms. The lowest BCUT2D eigenvalue weighted by Crippen LogP contribution is -2.27. The van der Waals surface area contributed by atoms with Crippen LogP contribution in [0.25, 0.3) is 10.9 Å². The van der Waals surface area contributed by atoms with Crippen LogP contribution in [0.5, 0.6) is 0 Å². The number of aromatic nitrogens is 2. The number of rotatable bonds is 9. The van der Waals surface area contributed by atoms with Crippen LogP contribution in [0.2, 0.25) is 0 Å². The van der Waals surface area contributed by atoms with Gasteiger partial charge in [0.15, 0.2) is 5.16 Å². The van der Waals surface area contributed by atoms with Crippen LogP contribution in [-0.4, -0.2) is 25.6 Å². The van der Waals surface area contributed by atoms with Crippen molar-refractivity contribution in [2.75, 3.05) is 5.32 Å². The molecule has 0 aliphatic carbocycles. The molecule has 178 valence electrons. The summed E-state index contributed by atoms with van der Waals surface area (Å²) in [4.78, 5) is 41.6. The molecule has 1 aromatic heterocycles. The molecule has 9 heteroatoms. The first kappa shape index (κ1) is 24.2. The summed E-state index contributed by atoms with van der Waals surface area (Å²) in [6.45, 7) is 2.14. The molecule has 1 unspecified atom stereocenters. The molecule has 0 saturated carbocycles. The number of nitrogens with zero attached hydrogens (tertiary/aromatic N) is 3. The van der Waals surface area contributed by atoms with Gasteiger partial charge in [-0.3, -0.25) is 24.3 Å². The summed E-state index contributed by atoms with van der Waals surface area (Å²) in [5, 5.41) is 14.2. The Balaban J connectivity index is 1.57. The highest BCUT2D eigenvalue weighted by atomic mass is 32.2. The number of hydrogen-bond acceptors (Lipinski definition) is 6. The summed E-state index contributed by atoms with van der Waals surface area (Å²) in [5.74, 6) is -0.414. The predicted molar refractivity (Wildman–Crippen MR) is 138 cm³/mol. The Morgan fingerprint density at radius 2 is 1.74 bits per heavy atom. The Hall–Kier alpha value is -3.98. The van der Waals surface area contributed by atoms with E-state index in [0.29, 0.717) is 22.6 Å². The molecule has 0 fully saturated rings. The van der Waals surface area contributed by atoms with Crippen molar-refractivity contribution in [1.29, 1.82) is 0 Å². The van der Waals surface area contributed by atoms with E-state index in [1.807, 2.05) is 36.4 Å². The van der Waals surface area contributed by atoms with E-state index in [1.54, 1.807) is 41.8 Å². The van der Waals surface area contributed by atoms with Gasteiger partial charge in [0.2, 0.25) is 5.91 Å². The lowest BCUT2D eigenvalue weighted by molar-refractivity contribution is -0.383. The number of amides is 1. The number of thioether (sulfide) groups is 1. The maximum atomic E-state index is 13.3. The van der Waals surface area contributed by atoms with Gasteiger partial charge in [0.25, 0.3) is 11.2 Å². The second kappa shape index (κ2) is 11.0. The normalized spacial score (nSPS) is 11.8. The molecule has 3 aromatic carbocycles. The van der Waals surface area contributed by atoms with Crippen LogP contribution in [-0.2, 0) is 17.8 Å². The summed E-state index contributed by atoms with van der Waals surface area (Å²) in [6.07, 6.45) is 1.53. The summed E-state index contributed by atoms with van der Waals surface area (Å²) in [7, 11) is 0. The van der Waals surface area contributed by atoms with E-state index >= 15 is 0 Å². The van der Waals surface area contributed by atoms with Gasteiger partial charge in [-0.05, 0) is 43.5 Å². The molecular formula is C26H24N4O4S. The van der Waals surface area contributed by atoms with Crippen LogP contribution in [0.1, 0.15) is 18.9 Å². The van der Waals surface area contributed by atoms with Crippen molar-refractivity contribution in [3.8, 4) is 0 Å². The Morgan fingerprint density at radius 1 is 1.06 bits per heavy atom. The fourth-order valence-electron chi connectivity index (χ4n) is 3.71. The molecule has 1 heterocycles. The van der Waals surface area contributed by atoms with Gasteiger partial charge in [-0.2, -0.15) is 0 Å². The van der Waals surface area contributed by atoms with Gasteiger partial charge in [0, 0.05) is 12.6 Å². The van der Waals surface area contributed by atoms with Crippen LogP contribution < -0.4 is 10.9 Å². The van der Waals surface area contributed by atoms with Crippen LogP contribution in [0.15, 0.2) is 88.8 Å². The van der Waals surface area contributed by atoms with E-state index in [0.717, 1.165) is 24.6 Å². The first-order valence-corrected chi connectivity index (χ1v) is 12.1. The number of anilines is 1. The minimum absolute atomic E-state index is 0.127. The molecule has 4 rings (SSSR count). The number of fused-ring (bicyclic) bond motifs is 1. The van der Waals surface area contributed by atoms with Crippen molar-refractivity contribution >= 4 is 39.9 Å². The lowest BCUT2D eigenvalue weighted by atomic mass is 10.1. The summed E-state index contributed by atoms with van der Waals surface area (Å²) >= 11 is 1.16. The van der Waals surface area contributed by atoms with Crippen molar-refractivity contribution in [1.82, 2.24) is 9.55 Å². The van der Waals surface area contributed by atoms with Crippen molar-refractivity contribution in [2.45, 2.75) is 36.7 Å². The molecule has 1 N–H and O–H groups in total. The van der Waals surface area contributed by atoms with E-state index in [2.05, 4.69) is 10.3 Å². The number of nitro groups is 1. The third-order valence-corrected chi connectivity index (χ3v) is 6.62. The summed E-state index contributed by atoms with van der Waals surface area (Å²) < 4.78 is 1.62. The minimum Gasteiger partial charge on any atom is -0.319 e. The molecule has 0 aliphatic heterocycles. The van der Waals surface area contributed by atoms with Crippen LogP contribution in [0.4, 0.5) is 11.4 Å². The zero-order valence-corrected chi connectivity index (χ0v) is 19.9. The second-order valence-corrected chi connectivity index (χ2v) is 9.29. The Labute approximate surface area is 206 Å². The quantitative estimate of drug-likeness (QED) is 0.153. The van der Waals surface area contributed by atoms with Gasteiger partial charge < -0.3 is 5.32 Å². The average molecular weight is 489 g/mol. The topological polar surface area (TPSA) is 107 Å². The molecule has 0 radical (unpaired) electrons.